The van der Waals surface area contributed by atoms with Crippen molar-refractivity contribution in [2.45, 2.75) is 71.5 Å². The topological polar surface area (TPSA) is 42.2 Å². The van der Waals surface area contributed by atoms with Crippen LogP contribution < -0.4 is 9.16 Å². The number of rotatable bonds is 7. The van der Waals surface area contributed by atoms with E-state index in [0.29, 0.717) is 6.42 Å². The summed E-state index contributed by atoms with van der Waals surface area (Å²) in [5, 5.41) is 8.86. The summed E-state index contributed by atoms with van der Waals surface area (Å²) in [6, 6.07) is 6.42. The second-order valence-electron chi connectivity index (χ2n) is 7.66. The highest BCUT2D eigenvalue weighted by Gasteiger charge is 2.39. The van der Waals surface area contributed by atoms with E-state index in [4.69, 9.17) is 14.4 Å². The van der Waals surface area contributed by atoms with E-state index in [1.165, 1.54) is 5.56 Å². The molecule has 0 aliphatic rings. The van der Waals surface area contributed by atoms with Crippen LogP contribution in [0.3, 0.4) is 0 Å². The Morgan fingerprint density at radius 3 is 2.30 bits per heavy atom. The van der Waals surface area contributed by atoms with Gasteiger partial charge < -0.3 is 9.16 Å². The minimum Gasteiger partial charge on any atom is -0.543 e. The van der Waals surface area contributed by atoms with Gasteiger partial charge in [-0.1, -0.05) is 20.8 Å². The molecule has 0 saturated carbocycles. The summed E-state index contributed by atoms with van der Waals surface area (Å²) in [5.41, 5.74) is 2.29. The Morgan fingerprint density at radius 1 is 1.13 bits per heavy atom. The Balaban J connectivity index is 3.08. The largest absolute Gasteiger partial charge is 0.543 e. The number of benzene rings is 1. The van der Waals surface area contributed by atoms with Crippen molar-refractivity contribution in [1.29, 1.82) is 5.26 Å². The number of hydrogen-bond donors (Lipinski definition) is 0. The average molecular weight is 334 g/mol. The molecule has 0 atom stereocenters. The summed E-state index contributed by atoms with van der Waals surface area (Å²) < 4.78 is 12.0. The van der Waals surface area contributed by atoms with Crippen molar-refractivity contribution in [2.24, 2.45) is 0 Å². The van der Waals surface area contributed by atoms with Crippen LogP contribution in [0.5, 0.6) is 11.5 Å². The molecule has 0 spiro atoms. The number of ether oxygens (including phenoxy) is 1. The van der Waals surface area contributed by atoms with Crippen LogP contribution in [0.15, 0.2) is 12.1 Å². The molecule has 0 N–H and O–H groups in total. The van der Waals surface area contributed by atoms with E-state index in [2.05, 4.69) is 59.0 Å². The predicted octanol–water partition coefficient (Wildman–Crippen LogP) is 5.62. The van der Waals surface area contributed by atoms with Gasteiger partial charge in [-0.05, 0) is 67.6 Å². The number of nitriles is 1. The van der Waals surface area contributed by atoms with Gasteiger partial charge in [0.05, 0.1) is 13.2 Å². The van der Waals surface area contributed by atoms with Crippen LogP contribution in [0, 0.1) is 18.3 Å². The van der Waals surface area contributed by atoms with Crippen molar-refractivity contribution in [1.82, 2.24) is 0 Å². The fourth-order valence-electron chi connectivity index (χ4n) is 2.16. The van der Waals surface area contributed by atoms with Crippen LogP contribution in [0.2, 0.25) is 18.1 Å². The maximum atomic E-state index is 8.69. The third-order valence-electron chi connectivity index (χ3n) is 4.73. The SMILES string of the molecule is COc1cc(CCCCC#N)c(O[Si](C)(C)C(C)(C)C)cc1C. The highest BCUT2D eigenvalue weighted by Crippen LogP contribution is 2.39. The molecule has 0 amide bonds. The zero-order chi connectivity index (χ0) is 17.7. The molecule has 0 heterocycles. The fraction of sp³-hybridized carbons (Fsp3) is 0.632. The normalized spacial score (nSPS) is 11.9. The molecule has 23 heavy (non-hydrogen) atoms. The quantitative estimate of drug-likeness (QED) is 0.480. The maximum Gasteiger partial charge on any atom is 0.250 e. The van der Waals surface area contributed by atoms with Gasteiger partial charge in [-0.3, -0.25) is 0 Å². The molecule has 4 heteroatoms. The molecule has 1 aromatic rings. The van der Waals surface area contributed by atoms with E-state index in [1.54, 1.807) is 7.11 Å². The van der Waals surface area contributed by atoms with Crippen LogP contribution >= 0.6 is 0 Å². The van der Waals surface area contributed by atoms with Gasteiger partial charge in [-0.2, -0.15) is 5.26 Å². The zero-order valence-corrected chi connectivity index (χ0v) is 16.7. The highest BCUT2D eigenvalue weighted by molar-refractivity contribution is 6.74. The second kappa shape index (κ2) is 7.87. The number of hydrogen-bond acceptors (Lipinski definition) is 3. The van der Waals surface area contributed by atoms with Crippen molar-refractivity contribution < 1.29 is 9.16 Å². The Morgan fingerprint density at radius 2 is 1.78 bits per heavy atom. The molecule has 0 fully saturated rings. The lowest BCUT2D eigenvalue weighted by Crippen LogP contribution is -2.44. The minimum absolute atomic E-state index is 0.166. The first-order chi connectivity index (χ1) is 10.6. The van der Waals surface area contributed by atoms with Gasteiger partial charge in [0.1, 0.15) is 11.5 Å². The minimum atomic E-state index is -1.88. The number of unbranched alkanes of at least 4 members (excludes halogenated alkanes) is 2. The van der Waals surface area contributed by atoms with Crippen LogP contribution in [-0.4, -0.2) is 15.4 Å². The van der Waals surface area contributed by atoms with E-state index >= 15 is 0 Å². The molecule has 0 radical (unpaired) electrons. The number of aryl methyl sites for hydroxylation is 2. The smallest absolute Gasteiger partial charge is 0.250 e. The van der Waals surface area contributed by atoms with E-state index in [9.17, 15) is 0 Å². The van der Waals surface area contributed by atoms with Crippen molar-refractivity contribution in [3.05, 3.63) is 23.3 Å². The predicted molar refractivity (Wildman–Crippen MR) is 98.7 cm³/mol. The summed E-state index contributed by atoms with van der Waals surface area (Å²) in [6.45, 7) is 13.3. The summed E-state index contributed by atoms with van der Waals surface area (Å²) in [6.07, 6.45) is 3.45. The molecular weight excluding hydrogens is 302 g/mol. The Bertz CT molecular complexity index is 568. The molecule has 1 aromatic carbocycles. The monoisotopic (exact) mass is 333 g/mol. The lowest BCUT2D eigenvalue weighted by Gasteiger charge is -2.37. The molecule has 0 bridgehead atoms. The molecule has 0 aromatic heterocycles. The standard InChI is InChI=1S/C19H31NO2Si/c1-15-13-18(22-23(6,7)19(2,3)4)16(14-17(15)21-5)11-9-8-10-12-20/h13-14H,8-11H2,1-7H3. The maximum absolute atomic E-state index is 8.69. The first kappa shape index (κ1) is 19.6. The first-order valence-electron chi connectivity index (χ1n) is 8.36. The second-order valence-corrected chi connectivity index (χ2v) is 12.4. The van der Waals surface area contributed by atoms with E-state index < -0.39 is 8.32 Å². The average Bonchev–Trinajstić information content (AvgIpc) is 2.44. The number of methoxy groups -OCH3 is 1. The summed E-state index contributed by atoms with van der Waals surface area (Å²) in [7, 11) is -0.171. The Labute approximate surface area is 142 Å². The summed E-state index contributed by atoms with van der Waals surface area (Å²) >= 11 is 0. The van der Waals surface area contributed by atoms with E-state index in [1.807, 2.05) is 0 Å². The Hall–Kier alpha value is -1.47. The molecule has 128 valence electrons. The van der Waals surface area contributed by atoms with Crippen LogP contribution in [0.1, 0.15) is 51.2 Å². The van der Waals surface area contributed by atoms with Crippen LogP contribution in [0.4, 0.5) is 0 Å². The third-order valence-corrected chi connectivity index (χ3v) is 9.08. The zero-order valence-electron chi connectivity index (χ0n) is 15.7. The summed E-state index contributed by atoms with van der Waals surface area (Å²) in [4.78, 5) is 0. The van der Waals surface area contributed by atoms with E-state index in [-0.39, 0.29) is 5.04 Å². The van der Waals surface area contributed by atoms with Gasteiger partial charge in [0, 0.05) is 6.42 Å². The molecular formula is C19H31NO2Si. The molecule has 0 aliphatic heterocycles. The van der Waals surface area contributed by atoms with Crippen LogP contribution in [-0.2, 0) is 6.42 Å². The van der Waals surface area contributed by atoms with Gasteiger partial charge in [0.2, 0.25) is 8.32 Å². The molecule has 0 unspecified atom stereocenters. The van der Waals surface area contributed by atoms with Crippen molar-refractivity contribution in [2.75, 3.05) is 7.11 Å². The van der Waals surface area contributed by atoms with Gasteiger partial charge in [0.25, 0.3) is 0 Å². The van der Waals surface area contributed by atoms with Crippen LogP contribution in [0.25, 0.3) is 0 Å². The first-order valence-corrected chi connectivity index (χ1v) is 11.3. The van der Waals surface area contributed by atoms with Crippen molar-refractivity contribution in [3.63, 3.8) is 0 Å². The van der Waals surface area contributed by atoms with Gasteiger partial charge in [-0.25, -0.2) is 0 Å². The highest BCUT2D eigenvalue weighted by atomic mass is 28.4. The molecule has 3 nitrogen and oxygen atoms in total. The fourth-order valence-corrected chi connectivity index (χ4v) is 3.21. The molecule has 0 aliphatic carbocycles. The molecule has 1 rings (SSSR count). The third kappa shape index (κ3) is 5.28. The van der Waals surface area contributed by atoms with Gasteiger partial charge >= 0.3 is 0 Å². The number of nitrogens with zero attached hydrogens (tertiary/aromatic N) is 1. The van der Waals surface area contributed by atoms with Crippen molar-refractivity contribution >= 4 is 8.32 Å². The lowest BCUT2D eigenvalue weighted by atomic mass is 10.0. The molecule has 0 saturated heterocycles. The van der Waals surface area contributed by atoms with Gasteiger partial charge in [-0.15, -0.1) is 0 Å². The van der Waals surface area contributed by atoms with E-state index in [0.717, 1.165) is 36.3 Å². The Kier molecular flexibility index (Phi) is 6.70. The summed E-state index contributed by atoms with van der Waals surface area (Å²) in [5.74, 6) is 1.90. The van der Waals surface area contributed by atoms with Gasteiger partial charge in [0.15, 0.2) is 0 Å². The van der Waals surface area contributed by atoms with Crippen molar-refractivity contribution in [3.8, 4) is 17.6 Å². The lowest BCUT2D eigenvalue weighted by molar-refractivity contribution is 0.409.